The van der Waals surface area contributed by atoms with Gasteiger partial charge in [0, 0.05) is 28.1 Å². The normalized spacial score (nSPS) is 11.0. The molecule has 0 saturated heterocycles. The van der Waals surface area contributed by atoms with Crippen molar-refractivity contribution < 1.29 is 9.21 Å². The van der Waals surface area contributed by atoms with E-state index < -0.39 is 0 Å². The molecule has 0 aliphatic rings. The highest BCUT2D eigenvalue weighted by Gasteiger charge is 2.09. The van der Waals surface area contributed by atoms with Crippen molar-refractivity contribution in [2.24, 2.45) is 0 Å². The lowest BCUT2D eigenvalue weighted by Crippen LogP contribution is -2.11. The number of rotatable bonds is 3. The van der Waals surface area contributed by atoms with Crippen molar-refractivity contribution >= 4 is 33.5 Å². The summed E-state index contributed by atoms with van der Waals surface area (Å²) in [6.45, 7) is 2.09. The molecule has 3 aromatic carbocycles. The summed E-state index contributed by atoms with van der Waals surface area (Å²) in [7, 11) is 0. The summed E-state index contributed by atoms with van der Waals surface area (Å²) < 4.78 is 5.86. The maximum absolute atomic E-state index is 12.4. The van der Waals surface area contributed by atoms with Gasteiger partial charge in [-0.2, -0.15) is 0 Å². The molecule has 1 heterocycles. The Labute approximate surface area is 139 Å². The van der Waals surface area contributed by atoms with Gasteiger partial charge in [0.15, 0.2) is 0 Å². The number of amides is 1. The van der Waals surface area contributed by atoms with Gasteiger partial charge in [0.2, 0.25) is 0 Å². The summed E-state index contributed by atoms with van der Waals surface area (Å²) in [5.41, 5.74) is 4.22. The van der Waals surface area contributed by atoms with E-state index in [-0.39, 0.29) is 5.91 Å². The van der Waals surface area contributed by atoms with Crippen LogP contribution in [0.5, 0.6) is 0 Å². The van der Waals surface area contributed by atoms with E-state index in [2.05, 4.69) is 12.2 Å². The van der Waals surface area contributed by atoms with Crippen molar-refractivity contribution in [1.82, 2.24) is 0 Å². The second-order valence-electron chi connectivity index (χ2n) is 5.81. The zero-order valence-electron chi connectivity index (χ0n) is 13.4. The Hall–Kier alpha value is -3.07. The molecule has 118 valence electrons. The molecule has 0 atom stereocenters. The molecule has 1 amide bonds. The van der Waals surface area contributed by atoms with Crippen LogP contribution in [0.25, 0.3) is 21.9 Å². The standard InChI is InChI=1S/C21H17NO2/c1-2-14-7-9-15(10-8-14)21(23)22-16-11-12-18-17-5-3-4-6-19(17)24-20(18)13-16/h3-13H,2H2,1H3,(H,22,23). The molecule has 0 unspecified atom stereocenters. The van der Waals surface area contributed by atoms with Gasteiger partial charge in [-0.1, -0.05) is 37.3 Å². The van der Waals surface area contributed by atoms with Gasteiger partial charge in [-0.3, -0.25) is 4.79 Å². The molecule has 1 aromatic heterocycles. The van der Waals surface area contributed by atoms with Crippen LogP contribution in [0.15, 0.2) is 71.1 Å². The zero-order chi connectivity index (χ0) is 16.5. The molecule has 0 aliphatic heterocycles. The van der Waals surface area contributed by atoms with Gasteiger partial charge in [-0.15, -0.1) is 0 Å². The van der Waals surface area contributed by atoms with E-state index in [0.29, 0.717) is 5.56 Å². The molecule has 1 N–H and O–H groups in total. The summed E-state index contributed by atoms with van der Waals surface area (Å²) in [5, 5.41) is 5.07. The van der Waals surface area contributed by atoms with Crippen LogP contribution in [-0.4, -0.2) is 5.91 Å². The Balaban J connectivity index is 1.63. The topological polar surface area (TPSA) is 42.2 Å². The van der Waals surface area contributed by atoms with Crippen LogP contribution < -0.4 is 5.32 Å². The molecule has 24 heavy (non-hydrogen) atoms. The summed E-state index contributed by atoms with van der Waals surface area (Å²) in [4.78, 5) is 12.4. The van der Waals surface area contributed by atoms with Gasteiger partial charge in [-0.25, -0.2) is 0 Å². The molecule has 4 aromatic rings. The Bertz CT molecular complexity index is 1030. The van der Waals surface area contributed by atoms with Crippen LogP contribution >= 0.6 is 0 Å². The van der Waals surface area contributed by atoms with E-state index in [1.807, 2.05) is 66.7 Å². The average molecular weight is 315 g/mol. The molecule has 0 fully saturated rings. The first-order valence-electron chi connectivity index (χ1n) is 8.06. The minimum Gasteiger partial charge on any atom is -0.456 e. The number of furan rings is 1. The van der Waals surface area contributed by atoms with E-state index in [9.17, 15) is 4.79 Å². The number of aryl methyl sites for hydroxylation is 1. The lowest BCUT2D eigenvalue weighted by molar-refractivity contribution is 0.102. The maximum Gasteiger partial charge on any atom is 0.255 e. The number of hydrogen-bond acceptors (Lipinski definition) is 2. The fourth-order valence-corrected chi connectivity index (χ4v) is 2.90. The summed E-state index contributed by atoms with van der Waals surface area (Å²) in [5.74, 6) is -0.117. The number of nitrogens with one attached hydrogen (secondary N) is 1. The Kier molecular flexibility index (Phi) is 3.54. The Morgan fingerprint density at radius 3 is 2.46 bits per heavy atom. The first-order chi connectivity index (χ1) is 11.7. The quantitative estimate of drug-likeness (QED) is 0.550. The first kappa shape index (κ1) is 14.5. The monoisotopic (exact) mass is 315 g/mol. The summed E-state index contributed by atoms with van der Waals surface area (Å²) in [6, 6.07) is 21.4. The van der Waals surface area contributed by atoms with Crippen LogP contribution in [0, 0.1) is 0 Å². The predicted octanol–water partition coefficient (Wildman–Crippen LogP) is 5.40. The van der Waals surface area contributed by atoms with Gasteiger partial charge in [-0.05, 0) is 42.3 Å². The first-order valence-corrected chi connectivity index (χ1v) is 8.06. The van der Waals surface area contributed by atoms with Gasteiger partial charge >= 0.3 is 0 Å². The molecule has 0 aliphatic carbocycles. The van der Waals surface area contributed by atoms with E-state index >= 15 is 0 Å². The van der Waals surface area contributed by atoms with Crippen molar-refractivity contribution in [3.63, 3.8) is 0 Å². The second-order valence-corrected chi connectivity index (χ2v) is 5.81. The second kappa shape index (κ2) is 5.85. The number of fused-ring (bicyclic) bond motifs is 3. The third kappa shape index (κ3) is 2.54. The van der Waals surface area contributed by atoms with Crippen LogP contribution in [0.3, 0.4) is 0 Å². The third-order valence-electron chi connectivity index (χ3n) is 4.26. The van der Waals surface area contributed by atoms with Crippen LogP contribution in [-0.2, 0) is 6.42 Å². The number of hydrogen-bond donors (Lipinski definition) is 1. The van der Waals surface area contributed by atoms with Gasteiger partial charge in [0.25, 0.3) is 5.91 Å². The molecule has 4 rings (SSSR count). The Morgan fingerprint density at radius 1 is 0.917 bits per heavy atom. The van der Waals surface area contributed by atoms with Crippen molar-refractivity contribution in [3.8, 4) is 0 Å². The van der Waals surface area contributed by atoms with Crippen molar-refractivity contribution in [1.29, 1.82) is 0 Å². The average Bonchev–Trinajstić information content (AvgIpc) is 2.99. The number of anilines is 1. The van der Waals surface area contributed by atoms with E-state index in [1.54, 1.807) is 0 Å². The molecule has 0 spiro atoms. The zero-order valence-corrected chi connectivity index (χ0v) is 13.4. The SMILES string of the molecule is CCc1ccc(C(=O)Nc2ccc3c(c2)oc2ccccc23)cc1. The number of carbonyl (C=O) groups excluding carboxylic acids is 1. The van der Waals surface area contributed by atoms with Crippen molar-refractivity contribution in [2.45, 2.75) is 13.3 Å². The Morgan fingerprint density at radius 2 is 1.67 bits per heavy atom. The van der Waals surface area contributed by atoms with Crippen LogP contribution in [0.2, 0.25) is 0 Å². The van der Waals surface area contributed by atoms with E-state index in [1.165, 1.54) is 5.56 Å². The van der Waals surface area contributed by atoms with Crippen molar-refractivity contribution in [3.05, 3.63) is 77.9 Å². The fourth-order valence-electron chi connectivity index (χ4n) is 2.90. The molecule has 3 nitrogen and oxygen atoms in total. The molecule has 3 heteroatoms. The number of carbonyl (C=O) groups is 1. The lowest BCUT2D eigenvalue weighted by Gasteiger charge is -2.06. The summed E-state index contributed by atoms with van der Waals surface area (Å²) >= 11 is 0. The highest BCUT2D eigenvalue weighted by Crippen LogP contribution is 2.30. The number of benzene rings is 3. The van der Waals surface area contributed by atoms with Gasteiger partial charge < -0.3 is 9.73 Å². The van der Waals surface area contributed by atoms with Gasteiger partial charge in [0.05, 0.1) is 0 Å². The highest BCUT2D eigenvalue weighted by atomic mass is 16.3. The van der Waals surface area contributed by atoms with E-state index in [4.69, 9.17) is 4.42 Å². The lowest BCUT2D eigenvalue weighted by atomic mass is 10.1. The number of para-hydroxylation sites is 1. The van der Waals surface area contributed by atoms with E-state index in [0.717, 1.165) is 34.0 Å². The van der Waals surface area contributed by atoms with Crippen LogP contribution in [0.1, 0.15) is 22.8 Å². The van der Waals surface area contributed by atoms with Crippen LogP contribution in [0.4, 0.5) is 5.69 Å². The molecule has 0 radical (unpaired) electrons. The highest BCUT2D eigenvalue weighted by molar-refractivity contribution is 6.08. The molecular weight excluding hydrogens is 298 g/mol. The smallest absolute Gasteiger partial charge is 0.255 e. The largest absolute Gasteiger partial charge is 0.456 e. The predicted molar refractivity (Wildman–Crippen MR) is 97.5 cm³/mol. The minimum absolute atomic E-state index is 0.117. The third-order valence-corrected chi connectivity index (χ3v) is 4.26. The molecule has 0 saturated carbocycles. The molecule has 0 bridgehead atoms. The summed E-state index contributed by atoms with van der Waals surface area (Å²) in [6.07, 6.45) is 0.963. The van der Waals surface area contributed by atoms with Gasteiger partial charge in [0.1, 0.15) is 11.2 Å². The maximum atomic E-state index is 12.4. The van der Waals surface area contributed by atoms with Crippen molar-refractivity contribution in [2.75, 3.05) is 5.32 Å². The molecular formula is C21H17NO2. The minimum atomic E-state index is -0.117. The fraction of sp³-hybridized carbons (Fsp3) is 0.0952.